The molecule has 1 aliphatic heterocycles. The minimum Gasteiger partial charge on any atom is -0.379 e. The van der Waals surface area contributed by atoms with E-state index in [0.717, 1.165) is 16.5 Å². The van der Waals surface area contributed by atoms with Gasteiger partial charge < -0.3 is 4.74 Å². The predicted molar refractivity (Wildman–Crippen MR) is 96.4 cm³/mol. The molecule has 0 N–H and O–H groups in total. The van der Waals surface area contributed by atoms with Crippen LogP contribution in [0.25, 0.3) is 21.8 Å². The molecule has 1 fully saturated rings. The van der Waals surface area contributed by atoms with Gasteiger partial charge in [-0.05, 0) is 18.6 Å². The number of hydrogen-bond donors (Lipinski definition) is 0. The maximum Gasteiger partial charge on any atom is 0.246 e. The van der Waals surface area contributed by atoms with Crippen LogP contribution in [0.15, 0.2) is 35.4 Å². The maximum atomic E-state index is 13.1. The second-order valence-corrected chi connectivity index (χ2v) is 8.23. The highest BCUT2D eigenvalue weighted by molar-refractivity contribution is 7.89. The molecule has 25 heavy (non-hydrogen) atoms. The first-order chi connectivity index (χ1) is 12.0. The Kier molecular flexibility index (Phi) is 4.11. The second-order valence-electron chi connectivity index (χ2n) is 5.96. The minimum absolute atomic E-state index is 0.0824. The molecule has 1 saturated heterocycles. The summed E-state index contributed by atoms with van der Waals surface area (Å²) in [5, 5.41) is 1.68. The van der Waals surface area contributed by atoms with Crippen LogP contribution in [-0.4, -0.2) is 49.0 Å². The van der Waals surface area contributed by atoms with Crippen molar-refractivity contribution in [2.75, 3.05) is 26.3 Å². The van der Waals surface area contributed by atoms with Gasteiger partial charge in [0.15, 0.2) is 0 Å². The summed E-state index contributed by atoms with van der Waals surface area (Å²) in [4.78, 5) is 8.81. The lowest BCUT2D eigenvalue weighted by molar-refractivity contribution is 0.0730. The number of ether oxygens (including phenoxy) is 1. The topological polar surface area (TPSA) is 72.4 Å². The summed E-state index contributed by atoms with van der Waals surface area (Å²) in [6.45, 7) is 3.35. The van der Waals surface area contributed by atoms with E-state index in [2.05, 4.69) is 9.97 Å². The smallest absolute Gasteiger partial charge is 0.246 e. The van der Waals surface area contributed by atoms with Crippen molar-refractivity contribution in [3.63, 3.8) is 0 Å². The van der Waals surface area contributed by atoms with Crippen LogP contribution in [0.3, 0.4) is 0 Å². The first-order valence-corrected chi connectivity index (χ1v) is 9.73. The van der Waals surface area contributed by atoms with Crippen molar-refractivity contribution in [3.8, 4) is 0 Å². The number of hydrogen-bond acceptors (Lipinski definition) is 5. The third kappa shape index (κ3) is 2.77. The molecule has 0 atom stereocenters. The van der Waals surface area contributed by atoms with Crippen molar-refractivity contribution in [1.82, 2.24) is 14.3 Å². The van der Waals surface area contributed by atoms with Gasteiger partial charge in [-0.15, -0.1) is 0 Å². The molecule has 3 heterocycles. The lowest BCUT2D eigenvalue weighted by Crippen LogP contribution is -2.40. The molecular weight excluding hydrogens is 362 g/mol. The molecule has 130 valence electrons. The van der Waals surface area contributed by atoms with Crippen LogP contribution in [0, 0.1) is 6.92 Å². The number of fused-ring (bicyclic) bond motifs is 2. The molecule has 0 bridgehead atoms. The maximum absolute atomic E-state index is 13.1. The van der Waals surface area contributed by atoms with Gasteiger partial charge in [-0.3, -0.25) is 0 Å². The zero-order valence-corrected chi connectivity index (χ0v) is 15.1. The summed E-state index contributed by atoms with van der Waals surface area (Å²) >= 11 is 6.23. The fourth-order valence-corrected chi connectivity index (χ4v) is 4.74. The number of halogens is 1. The number of aromatic nitrogens is 2. The Morgan fingerprint density at radius 1 is 1.20 bits per heavy atom. The average Bonchev–Trinajstić information content (AvgIpc) is 2.62. The molecule has 0 amide bonds. The van der Waals surface area contributed by atoms with Gasteiger partial charge in [0, 0.05) is 23.9 Å². The summed E-state index contributed by atoms with van der Waals surface area (Å²) < 4.78 is 32.8. The quantitative estimate of drug-likeness (QED) is 0.507. The van der Waals surface area contributed by atoms with Crippen LogP contribution in [0.4, 0.5) is 0 Å². The van der Waals surface area contributed by atoms with E-state index >= 15 is 0 Å². The van der Waals surface area contributed by atoms with Gasteiger partial charge in [-0.1, -0.05) is 29.8 Å². The number of sulfonamides is 1. The van der Waals surface area contributed by atoms with Crippen LogP contribution < -0.4 is 0 Å². The number of nitrogens with zero attached hydrogens (tertiary/aromatic N) is 3. The van der Waals surface area contributed by atoms with Gasteiger partial charge in [0.25, 0.3) is 0 Å². The summed E-state index contributed by atoms with van der Waals surface area (Å²) in [6.07, 6.45) is 1.30. The van der Waals surface area contributed by atoms with E-state index in [-0.39, 0.29) is 10.0 Å². The standard InChI is InChI=1S/C17H16ClN3O3S/c1-11-3-2-4-12-9-13-16(20-15(11)12)14(10-19-17(13)18)25(22,23)21-5-7-24-8-6-21/h2-4,9-10H,5-8H2,1H3. The molecule has 1 aliphatic rings. The van der Waals surface area contributed by atoms with Gasteiger partial charge in [0.2, 0.25) is 10.0 Å². The van der Waals surface area contributed by atoms with Gasteiger partial charge in [-0.25, -0.2) is 18.4 Å². The van der Waals surface area contributed by atoms with Crippen molar-refractivity contribution in [3.05, 3.63) is 41.2 Å². The first-order valence-electron chi connectivity index (χ1n) is 7.91. The number of para-hydroxylation sites is 1. The highest BCUT2D eigenvalue weighted by Crippen LogP contribution is 2.31. The molecule has 3 aromatic rings. The van der Waals surface area contributed by atoms with Crippen molar-refractivity contribution < 1.29 is 13.2 Å². The van der Waals surface area contributed by atoms with Crippen molar-refractivity contribution in [1.29, 1.82) is 0 Å². The van der Waals surface area contributed by atoms with E-state index in [9.17, 15) is 8.42 Å². The van der Waals surface area contributed by atoms with Crippen LogP contribution >= 0.6 is 11.6 Å². The van der Waals surface area contributed by atoms with Gasteiger partial charge >= 0.3 is 0 Å². The molecule has 2 aromatic heterocycles. The van der Waals surface area contributed by atoms with Crippen molar-refractivity contribution in [2.45, 2.75) is 11.8 Å². The predicted octanol–water partition coefficient (Wildman–Crippen LogP) is 2.77. The number of morpholine rings is 1. The first kappa shape index (κ1) is 16.7. The van der Waals surface area contributed by atoms with Crippen molar-refractivity contribution >= 4 is 43.4 Å². The Balaban J connectivity index is 2.01. The van der Waals surface area contributed by atoms with E-state index in [1.54, 1.807) is 0 Å². The second kappa shape index (κ2) is 6.17. The monoisotopic (exact) mass is 377 g/mol. The van der Waals surface area contributed by atoms with E-state index < -0.39 is 10.0 Å². The zero-order valence-electron chi connectivity index (χ0n) is 13.6. The Morgan fingerprint density at radius 2 is 1.96 bits per heavy atom. The van der Waals surface area contributed by atoms with E-state index in [4.69, 9.17) is 16.3 Å². The van der Waals surface area contributed by atoms with Crippen molar-refractivity contribution in [2.24, 2.45) is 0 Å². The summed E-state index contributed by atoms with van der Waals surface area (Å²) in [5.74, 6) is 0. The Morgan fingerprint density at radius 3 is 2.72 bits per heavy atom. The SMILES string of the molecule is Cc1cccc2cc3c(Cl)ncc(S(=O)(=O)N4CCOCC4)c3nc12. The summed E-state index contributed by atoms with van der Waals surface area (Å²) in [7, 11) is -3.72. The highest BCUT2D eigenvalue weighted by Gasteiger charge is 2.29. The van der Waals surface area contributed by atoms with E-state index in [1.807, 2.05) is 31.2 Å². The number of rotatable bonds is 2. The molecule has 1 aromatic carbocycles. The van der Waals surface area contributed by atoms with Gasteiger partial charge in [0.05, 0.1) is 30.4 Å². The lowest BCUT2D eigenvalue weighted by atomic mass is 10.1. The molecule has 0 unspecified atom stereocenters. The summed E-state index contributed by atoms with van der Waals surface area (Å²) in [5.41, 5.74) is 2.09. The number of benzene rings is 1. The number of aryl methyl sites for hydroxylation is 1. The van der Waals surface area contributed by atoms with Crippen LogP contribution in [0.1, 0.15) is 5.56 Å². The molecule has 0 aliphatic carbocycles. The zero-order chi connectivity index (χ0) is 17.6. The molecule has 4 rings (SSSR count). The molecular formula is C17H16ClN3O3S. The molecule has 0 saturated carbocycles. The normalized spacial score (nSPS) is 16.6. The summed E-state index contributed by atoms with van der Waals surface area (Å²) in [6, 6.07) is 7.65. The van der Waals surface area contributed by atoms with Crippen LogP contribution in [-0.2, 0) is 14.8 Å². The van der Waals surface area contributed by atoms with Crippen LogP contribution in [0.2, 0.25) is 5.15 Å². The lowest BCUT2D eigenvalue weighted by Gasteiger charge is -2.26. The molecule has 8 heteroatoms. The number of pyridine rings is 2. The largest absolute Gasteiger partial charge is 0.379 e. The third-order valence-corrected chi connectivity index (χ3v) is 6.59. The van der Waals surface area contributed by atoms with Gasteiger partial charge in [-0.2, -0.15) is 4.31 Å². The van der Waals surface area contributed by atoms with Gasteiger partial charge in [0.1, 0.15) is 10.0 Å². The fourth-order valence-electron chi connectivity index (χ4n) is 3.05. The minimum atomic E-state index is -3.72. The third-order valence-electron chi connectivity index (χ3n) is 4.39. The Labute approximate surface area is 150 Å². The van der Waals surface area contributed by atoms with E-state index in [1.165, 1.54) is 10.5 Å². The highest BCUT2D eigenvalue weighted by atomic mass is 35.5. The van der Waals surface area contributed by atoms with E-state index in [0.29, 0.717) is 37.2 Å². The molecule has 6 nitrogen and oxygen atoms in total. The molecule has 0 radical (unpaired) electrons. The molecule has 0 spiro atoms. The van der Waals surface area contributed by atoms with Crippen LogP contribution in [0.5, 0.6) is 0 Å². The Hall–Kier alpha value is -1.80. The fraction of sp³-hybridized carbons (Fsp3) is 0.294. The Bertz CT molecular complexity index is 1080. The average molecular weight is 378 g/mol.